The van der Waals surface area contributed by atoms with Crippen LogP contribution in [0.3, 0.4) is 0 Å². The first-order chi connectivity index (χ1) is 8.81. The molecule has 98 valence electrons. The Hall–Kier alpha value is -1.02. The summed E-state index contributed by atoms with van der Waals surface area (Å²) in [6.45, 7) is 0.743. The van der Waals surface area contributed by atoms with Crippen molar-refractivity contribution >= 4 is 17.5 Å². The Labute approximate surface area is 114 Å². The third-order valence-electron chi connectivity index (χ3n) is 3.46. The standard InChI is InChI=1S/C15H20ClNO/c16-9-2-1-3-10-17-15(18)14-8-7-12-5-4-6-13(12)11-14/h7-8,11H,1-6,9-10H2,(H,17,18). The zero-order chi connectivity index (χ0) is 12.8. The van der Waals surface area contributed by atoms with Crippen molar-refractivity contribution in [2.45, 2.75) is 38.5 Å². The number of hydrogen-bond acceptors (Lipinski definition) is 1. The summed E-state index contributed by atoms with van der Waals surface area (Å²) in [5, 5.41) is 2.97. The van der Waals surface area contributed by atoms with Crippen LogP contribution in [0.4, 0.5) is 0 Å². The highest BCUT2D eigenvalue weighted by Crippen LogP contribution is 2.22. The van der Waals surface area contributed by atoms with Crippen LogP contribution in [0.2, 0.25) is 0 Å². The molecule has 2 rings (SSSR count). The van der Waals surface area contributed by atoms with Crippen LogP contribution < -0.4 is 5.32 Å². The molecule has 0 fully saturated rings. The highest BCUT2D eigenvalue weighted by Gasteiger charge is 2.13. The molecule has 3 heteroatoms. The number of benzene rings is 1. The Balaban J connectivity index is 1.82. The van der Waals surface area contributed by atoms with Crippen LogP contribution in [0.25, 0.3) is 0 Å². The second kappa shape index (κ2) is 6.79. The van der Waals surface area contributed by atoms with Gasteiger partial charge in [0.1, 0.15) is 0 Å². The van der Waals surface area contributed by atoms with Gasteiger partial charge < -0.3 is 5.32 Å². The van der Waals surface area contributed by atoms with Crippen molar-refractivity contribution in [3.05, 3.63) is 34.9 Å². The van der Waals surface area contributed by atoms with Crippen molar-refractivity contribution in [1.82, 2.24) is 5.32 Å². The first-order valence-electron chi connectivity index (χ1n) is 6.77. The number of rotatable bonds is 6. The van der Waals surface area contributed by atoms with Crippen LogP contribution in [0.1, 0.15) is 47.2 Å². The van der Waals surface area contributed by atoms with Crippen LogP contribution in [-0.2, 0) is 12.8 Å². The Morgan fingerprint density at radius 2 is 2.00 bits per heavy atom. The smallest absolute Gasteiger partial charge is 0.251 e. The molecular formula is C15H20ClNO. The lowest BCUT2D eigenvalue weighted by Gasteiger charge is -2.06. The molecule has 0 radical (unpaired) electrons. The van der Waals surface area contributed by atoms with E-state index >= 15 is 0 Å². The SMILES string of the molecule is O=C(NCCCCCCl)c1ccc2c(c1)CCC2. The normalized spacial score (nSPS) is 13.4. The summed E-state index contributed by atoms with van der Waals surface area (Å²) in [6.07, 6.45) is 6.61. The van der Waals surface area contributed by atoms with Crippen LogP contribution in [0.5, 0.6) is 0 Å². The lowest BCUT2D eigenvalue weighted by Crippen LogP contribution is -2.24. The van der Waals surface area contributed by atoms with Gasteiger partial charge in [-0.05, 0) is 55.4 Å². The van der Waals surface area contributed by atoms with E-state index in [0.717, 1.165) is 44.2 Å². The van der Waals surface area contributed by atoms with E-state index in [4.69, 9.17) is 11.6 Å². The summed E-state index contributed by atoms with van der Waals surface area (Å²) in [6, 6.07) is 6.10. The van der Waals surface area contributed by atoms with E-state index in [1.54, 1.807) is 0 Å². The fraction of sp³-hybridized carbons (Fsp3) is 0.533. The lowest BCUT2D eigenvalue weighted by molar-refractivity contribution is 0.0953. The second-order valence-corrected chi connectivity index (χ2v) is 5.22. The van der Waals surface area contributed by atoms with Gasteiger partial charge in [-0.3, -0.25) is 4.79 Å². The van der Waals surface area contributed by atoms with E-state index in [9.17, 15) is 4.79 Å². The average molecular weight is 266 g/mol. The monoisotopic (exact) mass is 265 g/mol. The van der Waals surface area contributed by atoms with Crippen LogP contribution in [0, 0.1) is 0 Å². The Morgan fingerprint density at radius 1 is 1.17 bits per heavy atom. The molecule has 0 aliphatic heterocycles. The van der Waals surface area contributed by atoms with Gasteiger partial charge in [-0.1, -0.05) is 12.5 Å². The van der Waals surface area contributed by atoms with Gasteiger partial charge in [0, 0.05) is 18.0 Å². The quantitative estimate of drug-likeness (QED) is 0.621. The summed E-state index contributed by atoms with van der Waals surface area (Å²) in [4.78, 5) is 11.9. The van der Waals surface area contributed by atoms with Crippen molar-refractivity contribution in [2.24, 2.45) is 0 Å². The molecule has 0 atom stereocenters. The maximum absolute atomic E-state index is 11.9. The predicted molar refractivity (Wildman–Crippen MR) is 75.4 cm³/mol. The highest BCUT2D eigenvalue weighted by atomic mass is 35.5. The summed E-state index contributed by atoms with van der Waals surface area (Å²) in [5.41, 5.74) is 3.56. The number of unbranched alkanes of at least 4 members (excludes halogenated alkanes) is 2. The van der Waals surface area contributed by atoms with Gasteiger partial charge >= 0.3 is 0 Å². The number of hydrogen-bond donors (Lipinski definition) is 1. The molecule has 0 unspecified atom stereocenters. The zero-order valence-corrected chi connectivity index (χ0v) is 11.4. The molecule has 0 saturated carbocycles. The highest BCUT2D eigenvalue weighted by molar-refractivity contribution is 6.17. The summed E-state index contributed by atoms with van der Waals surface area (Å²) < 4.78 is 0. The molecule has 0 aromatic heterocycles. The van der Waals surface area contributed by atoms with E-state index in [1.165, 1.54) is 17.5 Å². The summed E-state index contributed by atoms with van der Waals surface area (Å²) in [7, 11) is 0. The first-order valence-corrected chi connectivity index (χ1v) is 7.30. The molecule has 1 amide bonds. The second-order valence-electron chi connectivity index (χ2n) is 4.84. The molecule has 1 N–H and O–H groups in total. The molecule has 2 nitrogen and oxygen atoms in total. The first kappa shape index (κ1) is 13.4. The van der Waals surface area contributed by atoms with Crippen LogP contribution in [0.15, 0.2) is 18.2 Å². The number of amides is 1. The van der Waals surface area contributed by atoms with E-state index in [2.05, 4.69) is 17.4 Å². The lowest BCUT2D eigenvalue weighted by atomic mass is 10.1. The van der Waals surface area contributed by atoms with E-state index in [1.807, 2.05) is 6.07 Å². The van der Waals surface area contributed by atoms with Gasteiger partial charge in [0.05, 0.1) is 0 Å². The van der Waals surface area contributed by atoms with Gasteiger partial charge in [-0.15, -0.1) is 11.6 Å². The number of halogens is 1. The Bertz CT molecular complexity index is 417. The molecule has 0 heterocycles. The third kappa shape index (κ3) is 3.49. The molecule has 0 bridgehead atoms. The van der Waals surface area contributed by atoms with Crippen molar-refractivity contribution in [2.75, 3.05) is 12.4 Å². The van der Waals surface area contributed by atoms with Gasteiger partial charge in [0.2, 0.25) is 0 Å². The Morgan fingerprint density at radius 3 is 2.83 bits per heavy atom. The molecule has 1 aromatic rings. The van der Waals surface area contributed by atoms with Gasteiger partial charge in [0.15, 0.2) is 0 Å². The van der Waals surface area contributed by atoms with Crippen molar-refractivity contribution in [1.29, 1.82) is 0 Å². The van der Waals surface area contributed by atoms with E-state index < -0.39 is 0 Å². The van der Waals surface area contributed by atoms with Crippen molar-refractivity contribution in [3.63, 3.8) is 0 Å². The minimum atomic E-state index is 0.0515. The molecule has 1 aliphatic rings. The minimum absolute atomic E-state index is 0.0515. The van der Waals surface area contributed by atoms with Crippen LogP contribution in [-0.4, -0.2) is 18.3 Å². The van der Waals surface area contributed by atoms with Crippen LogP contribution >= 0.6 is 11.6 Å². The Kier molecular flexibility index (Phi) is 5.06. The molecule has 0 saturated heterocycles. The number of aryl methyl sites for hydroxylation is 2. The van der Waals surface area contributed by atoms with E-state index in [-0.39, 0.29) is 5.91 Å². The summed E-state index contributed by atoms with van der Waals surface area (Å²) >= 11 is 5.61. The number of nitrogens with one attached hydrogen (secondary N) is 1. The maximum Gasteiger partial charge on any atom is 0.251 e. The van der Waals surface area contributed by atoms with Gasteiger partial charge in [-0.2, -0.15) is 0 Å². The number of fused-ring (bicyclic) bond motifs is 1. The average Bonchev–Trinajstić information content (AvgIpc) is 2.85. The van der Waals surface area contributed by atoms with Crippen molar-refractivity contribution < 1.29 is 4.79 Å². The maximum atomic E-state index is 11.9. The predicted octanol–water partition coefficient (Wildman–Crippen LogP) is 3.31. The summed E-state index contributed by atoms with van der Waals surface area (Å²) in [5.74, 6) is 0.759. The fourth-order valence-electron chi connectivity index (χ4n) is 2.41. The topological polar surface area (TPSA) is 29.1 Å². The van der Waals surface area contributed by atoms with E-state index in [0.29, 0.717) is 5.88 Å². The molecule has 0 spiro atoms. The van der Waals surface area contributed by atoms with Gasteiger partial charge in [0.25, 0.3) is 5.91 Å². The minimum Gasteiger partial charge on any atom is -0.352 e. The van der Waals surface area contributed by atoms with Gasteiger partial charge in [-0.25, -0.2) is 0 Å². The van der Waals surface area contributed by atoms with Crippen molar-refractivity contribution in [3.8, 4) is 0 Å². The molecule has 18 heavy (non-hydrogen) atoms. The zero-order valence-electron chi connectivity index (χ0n) is 10.7. The number of alkyl halides is 1. The number of carbonyl (C=O) groups is 1. The molecule has 1 aliphatic carbocycles. The molecule has 1 aromatic carbocycles. The fourth-order valence-corrected chi connectivity index (χ4v) is 2.60. The largest absolute Gasteiger partial charge is 0.352 e. The molecular weight excluding hydrogens is 246 g/mol. The number of carbonyl (C=O) groups excluding carboxylic acids is 1. The third-order valence-corrected chi connectivity index (χ3v) is 3.72.